The molecule has 9 nitrogen and oxygen atoms in total. The standard InChI is InChI=1S/C26H34FN3O6/c1-2-26(36-25(28)33,24(32)30-12-14-34-15-13-30)19(17-6-4-3-5-7-17)9-11-21(31)23-29-20-10-8-18(27)16-22(20)35-23/h8,10,16-17,19H,2-7,9,11-15H2,1H3,(H2,28,33)/t19?,26-/m0/s1. The molecule has 0 spiro atoms. The summed E-state index contributed by atoms with van der Waals surface area (Å²) >= 11 is 0. The van der Waals surface area contributed by atoms with E-state index in [-0.39, 0.29) is 41.9 Å². The molecule has 1 saturated heterocycles. The highest BCUT2D eigenvalue weighted by atomic mass is 19.1. The molecular weight excluding hydrogens is 469 g/mol. The van der Waals surface area contributed by atoms with E-state index in [0.29, 0.717) is 38.2 Å². The molecule has 0 radical (unpaired) electrons. The summed E-state index contributed by atoms with van der Waals surface area (Å²) < 4.78 is 30.2. The van der Waals surface area contributed by atoms with E-state index in [1.807, 2.05) is 6.92 Å². The first-order valence-electron chi connectivity index (χ1n) is 12.8. The Hall–Kier alpha value is -3.01. The summed E-state index contributed by atoms with van der Waals surface area (Å²) in [5, 5.41) is 0. The summed E-state index contributed by atoms with van der Waals surface area (Å²) in [5.41, 5.74) is 4.63. The third-order valence-corrected chi connectivity index (χ3v) is 7.56. The molecule has 196 valence electrons. The molecule has 1 aliphatic heterocycles. The molecule has 1 aromatic carbocycles. The van der Waals surface area contributed by atoms with E-state index in [0.717, 1.165) is 32.1 Å². The van der Waals surface area contributed by atoms with Crippen molar-refractivity contribution < 1.29 is 32.7 Å². The number of hydrogen-bond donors (Lipinski definition) is 1. The number of morpholine rings is 1. The van der Waals surface area contributed by atoms with Crippen LogP contribution in [0.15, 0.2) is 22.6 Å². The van der Waals surface area contributed by atoms with Crippen LogP contribution in [0.4, 0.5) is 9.18 Å². The van der Waals surface area contributed by atoms with Crippen LogP contribution in [0.25, 0.3) is 11.1 Å². The minimum Gasteiger partial charge on any atom is -0.434 e. The van der Waals surface area contributed by atoms with Gasteiger partial charge in [0.25, 0.3) is 11.8 Å². The molecule has 36 heavy (non-hydrogen) atoms. The molecule has 2 heterocycles. The molecule has 2 atom stereocenters. The normalized spacial score (nSPS) is 19.6. The Morgan fingerprint density at radius 2 is 1.94 bits per heavy atom. The molecule has 2 fully saturated rings. The van der Waals surface area contributed by atoms with Gasteiger partial charge in [-0.2, -0.15) is 0 Å². The number of carbonyl (C=O) groups excluding carboxylic acids is 3. The van der Waals surface area contributed by atoms with Crippen LogP contribution < -0.4 is 5.73 Å². The number of ether oxygens (including phenoxy) is 2. The van der Waals surface area contributed by atoms with Gasteiger partial charge in [0.2, 0.25) is 5.78 Å². The van der Waals surface area contributed by atoms with E-state index in [1.54, 1.807) is 4.90 Å². The molecule has 4 rings (SSSR count). The number of ketones is 1. The molecule has 10 heteroatoms. The zero-order chi connectivity index (χ0) is 25.7. The molecule has 2 aromatic rings. The first-order valence-corrected chi connectivity index (χ1v) is 12.8. The first-order chi connectivity index (χ1) is 17.3. The van der Waals surface area contributed by atoms with Crippen molar-refractivity contribution in [3.8, 4) is 0 Å². The van der Waals surface area contributed by atoms with Crippen molar-refractivity contribution >= 4 is 28.9 Å². The van der Waals surface area contributed by atoms with Crippen LogP contribution in [-0.2, 0) is 14.3 Å². The van der Waals surface area contributed by atoms with E-state index >= 15 is 0 Å². The van der Waals surface area contributed by atoms with Crippen molar-refractivity contribution in [2.24, 2.45) is 17.6 Å². The Bertz CT molecular complexity index is 1090. The van der Waals surface area contributed by atoms with Crippen molar-refractivity contribution in [2.45, 2.75) is 63.9 Å². The monoisotopic (exact) mass is 503 g/mol. The molecule has 1 unspecified atom stereocenters. The summed E-state index contributed by atoms with van der Waals surface area (Å²) in [6.45, 7) is 3.44. The highest BCUT2D eigenvalue weighted by molar-refractivity contribution is 5.94. The zero-order valence-electron chi connectivity index (χ0n) is 20.7. The summed E-state index contributed by atoms with van der Waals surface area (Å²) in [6, 6.07) is 3.90. The number of oxazole rings is 1. The van der Waals surface area contributed by atoms with Gasteiger partial charge in [0.05, 0.1) is 13.2 Å². The molecule has 1 saturated carbocycles. The van der Waals surface area contributed by atoms with E-state index in [4.69, 9.17) is 19.6 Å². The lowest BCUT2D eigenvalue weighted by Crippen LogP contribution is -2.60. The molecule has 2 N–H and O–H groups in total. The first kappa shape index (κ1) is 26.1. The number of rotatable bonds is 9. The minimum absolute atomic E-state index is 0.0384. The lowest BCUT2D eigenvalue weighted by Gasteiger charge is -2.45. The van der Waals surface area contributed by atoms with Gasteiger partial charge in [0, 0.05) is 31.5 Å². The lowest BCUT2D eigenvalue weighted by molar-refractivity contribution is -0.166. The van der Waals surface area contributed by atoms with Crippen LogP contribution in [0, 0.1) is 17.7 Å². The van der Waals surface area contributed by atoms with E-state index in [1.165, 1.54) is 18.2 Å². The number of halogens is 1. The van der Waals surface area contributed by atoms with Crippen LogP contribution >= 0.6 is 0 Å². The van der Waals surface area contributed by atoms with Crippen molar-refractivity contribution in [3.05, 3.63) is 29.9 Å². The fraction of sp³-hybridized carbons (Fsp3) is 0.615. The van der Waals surface area contributed by atoms with E-state index in [2.05, 4.69) is 4.98 Å². The van der Waals surface area contributed by atoms with Gasteiger partial charge in [-0.15, -0.1) is 0 Å². The second-order valence-electron chi connectivity index (χ2n) is 9.67. The average Bonchev–Trinajstić information content (AvgIpc) is 3.32. The number of aromatic nitrogens is 1. The number of hydrogen-bond acceptors (Lipinski definition) is 7. The van der Waals surface area contributed by atoms with Gasteiger partial charge in [-0.3, -0.25) is 9.59 Å². The maximum absolute atomic E-state index is 13.9. The van der Waals surface area contributed by atoms with Gasteiger partial charge >= 0.3 is 6.09 Å². The second kappa shape index (κ2) is 11.4. The number of nitrogens with two attached hydrogens (primary N) is 1. The van der Waals surface area contributed by atoms with Crippen LogP contribution in [0.5, 0.6) is 0 Å². The predicted octanol–water partition coefficient (Wildman–Crippen LogP) is 4.23. The highest BCUT2D eigenvalue weighted by Crippen LogP contribution is 2.43. The summed E-state index contributed by atoms with van der Waals surface area (Å²) in [5.74, 6) is -1.53. The Kier molecular flexibility index (Phi) is 8.23. The van der Waals surface area contributed by atoms with Gasteiger partial charge < -0.3 is 24.5 Å². The van der Waals surface area contributed by atoms with Crippen LogP contribution in [-0.4, -0.2) is 59.6 Å². The highest BCUT2D eigenvalue weighted by Gasteiger charge is 2.52. The Labute approximate surface area is 209 Å². The SMILES string of the molecule is CC[C@@](OC(N)=O)(C(=O)N1CCOCC1)C(CCC(=O)c1nc2ccc(F)cc2o1)C1CCCCC1. The fourth-order valence-corrected chi connectivity index (χ4v) is 5.77. The molecule has 1 aromatic heterocycles. The second-order valence-corrected chi connectivity index (χ2v) is 9.67. The fourth-order valence-electron chi connectivity index (χ4n) is 5.77. The molecular formula is C26H34FN3O6. The molecule has 2 amide bonds. The number of nitrogens with zero attached hydrogens (tertiary/aromatic N) is 2. The lowest BCUT2D eigenvalue weighted by atomic mass is 9.68. The van der Waals surface area contributed by atoms with Crippen LogP contribution in [0.3, 0.4) is 0 Å². The van der Waals surface area contributed by atoms with Crippen molar-refractivity contribution in [2.75, 3.05) is 26.3 Å². The maximum Gasteiger partial charge on any atom is 0.405 e. The average molecular weight is 504 g/mol. The Balaban J connectivity index is 1.62. The van der Waals surface area contributed by atoms with Crippen LogP contribution in [0.2, 0.25) is 0 Å². The number of Topliss-reactive ketones (excluding diaryl/α,β-unsaturated/α-hetero) is 1. The summed E-state index contributed by atoms with van der Waals surface area (Å²) in [4.78, 5) is 45.0. The smallest absolute Gasteiger partial charge is 0.405 e. The van der Waals surface area contributed by atoms with Crippen LogP contribution in [0.1, 0.15) is 69.0 Å². The summed E-state index contributed by atoms with van der Waals surface area (Å²) in [6.07, 6.45) is 4.44. The number of carbonyl (C=O) groups is 3. The van der Waals surface area contributed by atoms with Crippen molar-refractivity contribution in [1.29, 1.82) is 0 Å². The minimum atomic E-state index is -1.48. The topological polar surface area (TPSA) is 125 Å². The van der Waals surface area contributed by atoms with Gasteiger partial charge in [-0.1, -0.05) is 39.0 Å². The number of benzene rings is 1. The quantitative estimate of drug-likeness (QED) is 0.508. The third kappa shape index (κ3) is 5.53. The zero-order valence-corrected chi connectivity index (χ0v) is 20.7. The van der Waals surface area contributed by atoms with Crippen molar-refractivity contribution in [3.63, 3.8) is 0 Å². The molecule has 0 bridgehead atoms. The largest absolute Gasteiger partial charge is 0.434 e. The Morgan fingerprint density at radius 3 is 2.61 bits per heavy atom. The maximum atomic E-state index is 13.9. The number of primary amides is 1. The third-order valence-electron chi connectivity index (χ3n) is 7.56. The van der Waals surface area contributed by atoms with Gasteiger partial charge in [-0.05, 0) is 30.9 Å². The summed E-state index contributed by atoms with van der Waals surface area (Å²) in [7, 11) is 0. The van der Waals surface area contributed by atoms with Gasteiger partial charge in [0.15, 0.2) is 11.2 Å². The van der Waals surface area contributed by atoms with E-state index < -0.39 is 23.4 Å². The molecule has 2 aliphatic rings. The number of amides is 2. The molecule has 1 aliphatic carbocycles. The Morgan fingerprint density at radius 1 is 1.22 bits per heavy atom. The van der Waals surface area contributed by atoms with Gasteiger partial charge in [-0.25, -0.2) is 14.2 Å². The van der Waals surface area contributed by atoms with Gasteiger partial charge in [0.1, 0.15) is 11.3 Å². The number of fused-ring (bicyclic) bond motifs is 1. The van der Waals surface area contributed by atoms with E-state index in [9.17, 15) is 18.8 Å². The predicted molar refractivity (Wildman–Crippen MR) is 129 cm³/mol. The van der Waals surface area contributed by atoms with Crippen molar-refractivity contribution in [1.82, 2.24) is 9.88 Å².